The van der Waals surface area contributed by atoms with Gasteiger partial charge in [-0.25, -0.2) is 4.98 Å². The van der Waals surface area contributed by atoms with Gasteiger partial charge in [0.1, 0.15) is 5.75 Å². The minimum atomic E-state index is 0.116. The summed E-state index contributed by atoms with van der Waals surface area (Å²) in [6.45, 7) is 11.8. The minimum absolute atomic E-state index is 0.116. The quantitative estimate of drug-likeness (QED) is 0.745. The van der Waals surface area contributed by atoms with Crippen molar-refractivity contribution < 1.29 is 9.53 Å². The zero-order valence-electron chi connectivity index (χ0n) is 14.2. The molecule has 22 heavy (non-hydrogen) atoms. The Balaban J connectivity index is 2.51. The van der Waals surface area contributed by atoms with Crippen LogP contribution in [0.1, 0.15) is 51.7 Å². The van der Waals surface area contributed by atoms with E-state index in [0.29, 0.717) is 17.9 Å². The molecule has 0 unspecified atom stereocenters. The lowest BCUT2D eigenvalue weighted by Gasteiger charge is -2.15. The van der Waals surface area contributed by atoms with Crippen molar-refractivity contribution in [1.29, 1.82) is 0 Å². The predicted molar refractivity (Wildman–Crippen MR) is 89.1 cm³/mol. The van der Waals surface area contributed by atoms with Crippen molar-refractivity contribution >= 4 is 5.78 Å². The Morgan fingerprint density at radius 3 is 2.18 bits per heavy atom. The Bertz CT molecular complexity index is 709. The predicted octanol–water partition coefficient (Wildman–Crippen LogP) is 5.01. The van der Waals surface area contributed by atoms with Gasteiger partial charge >= 0.3 is 0 Å². The number of rotatable bonds is 4. The molecule has 0 aliphatic rings. The zero-order valence-corrected chi connectivity index (χ0v) is 14.2. The van der Waals surface area contributed by atoms with Crippen molar-refractivity contribution in [3.8, 4) is 11.6 Å². The van der Waals surface area contributed by atoms with Gasteiger partial charge in [0.15, 0.2) is 5.78 Å². The van der Waals surface area contributed by atoms with Crippen molar-refractivity contribution in [1.82, 2.24) is 4.98 Å². The number of ketones is 1. The summed E-state index contributed by atoms with van der Waals surface area (Å²) in [6.07, 6.45) is 0.478. The summed E-state index contributed by atoms with van der Waals surface area (Å²) in [5, 5.41) is 0. The van der Waals surface area contributed by atoms with E-state index in [2.05, 4.69) is 24.0 Å². The fraction of sp³-hybridized carbons (Fsp3) is 0.368. The Morgan fingerprint density at radius 2 is 1.64 bits per heavy atom. The first-order chi connectivity index (χ1) is 10.3. The summed E-state index contributed by atoms with van der Waals surface area (Å²) in [7, 11) is 0. The summed E-state index contributed by atoms with van der Waals surface area (Å²) >= 11 is 0. The molecule has 0 N–H and O–H groups in total. The van der Waals surface area contributed by atoms with Gasteiger partial charge in [0.05, 0.1) is 0 Å². The van der Waals surface area contributed by atoms with Gasteiger partial charge in [-0.3, -0.25) is 4.79 Å². The van der Waals surface area contributed by atoms with Crippen LogP contribution in [-0.4, -0.2) is 10.8 Å². The molecule has 3 heteroatoms. The molecular weight excluding hydrogens is 274 g/mol. The molecule has 0 saturated carbocycles. The molecule has 0 amide bonds. The molecule has 0 fully saturated rings. The van der Waals surface area contributed by atoms with E-state index in [-0.39, 0.29) is 5.78 Å². The van der Waals surface area contributed by atoms with Crippen molar-refractivity contribution in [2.24, 2.45) is 0 Å². The smallest absolute Gasteiger partial charge is 0.223 e. The van der Waals surface area contributed by atoms with Crippen LogP contribution in [0.25, 0.3) is 0 Å². The average molecular weight is 297 g/mol. The summed E-state index contributed by atoms with van der Waals surface area (Å²) in [4.78, 5) is 16.6. The van der Waals surface area contributed by atoms with Gasteiger partial charge in [0.2, 0.25) is 5.88 Å². The molecule has 3 nitrogen and oxygen atoms in total. The van der Waals surface area contributed by atoms with E-state index in [1.54, 1.807) is 0 Å². The van der Waals surface area contributed by atoms with Gasteiger partial charge in [-0.05, 0) is 51.8 Å². The molecule has 0 saturated heterocycles. The first-order valence-electron chi connectivity index (χ1n) is 7.60. The third-order valence-electron chi connectivity index (χ3n) is 3.78. The summed E-state index contributed by atoms with van der Waals surface area (Å²) in [5.41, 5.74) is 5.65. The van der Waals surface area contributed by atoms with Crippen molar-refractivity contribution in [2.45, 2.75) is 48.0 Å². The van der Waals surface area contributed by atoms with E-state index in [0.717, 1.165) is 28.1 Å². The first-order valence-corrected chi connectivity index (χ1v) is 7.60. The van der Waals surface area contributed by atoms with Gasteiger partial charge < -0.3 is 4.74 Å². The van der Waals surface area contributed by atoms with E-state index in [1.807, 2.05) is 40.7 Å². The van der Waals surface area contributed by atoms with Crippen molar-refractivity contribution in [3.63, 3.8) is 0 Å². The maximum absolute atomic E-state index is 12.1. The fourth-order valence-electron chi connectivity index (χ4n) is 2.71. The third kappa shape index (κ3) is 3.19. The van der Waals surface area contributed by atoms with E-state index in [9.17, 15) is 4.79 Å². The zero-order chi connectivity index (χ0) is 16.4. The van der Waals surface area contributed by atoms with Crippen molar-refractivity contribution in [2.75, 3.05) is 0 Å². The Hall–Kier alpha value is -2.16. The van der Waals surface area contributed by atoms with Crippen LogP contribution in [0.2, 0.25) is 0 Å². The number of ether oxygens (including phenoxy) is 1. The van der Waals surface area contributed by atoms with Gasteiger partial charge in [0, 0.05) is 23.2 Å². The Labute approximate surface area is 132 Å². The van der Waals surface area contributed by atoms with Crippen LogP contribution in [0, 0.1) is 34.6 Å². The second kappa shape index (κ2) is 6.30. The highest BCUT2D eigenvalue weighted by Gasteiger charge is 2.16. The van der Waals surface area contributed by atoms with Gasteiger partial charge in [-0.15, -0.1) is 0 Å². The highest BCUT2D eigenvalue weighted by Crippen LogP contribution is 2.32. The normalized spacial score (nSPS) is 10.6. The summed E-state index contributed by atoms with van der Waals surface area (Å²) in [6, 6.07) is 6.01. The monoisotopic (exact) mass is 297 g/mol. The molecule has 1 aromatic heterocycles. The van der Waals surface area contributed by atoms with Crippen LogP contribution in [0.5, 0.6) is 11.6 Å². The third-order valence-corrected chi connectivity index (χ3v) is 3.78. The average Bonchev–Trinajstić information content (AvgIpc) is 2.44. The molecule has 2 aromatic rings. The number of carbonyl (C=O) groups excluding carboxylic acids is 1. The summed E-state index contributed by atoms with van der Waals surface area (Å²) in [5.74, 6) is 1.46. The maximum atomic E-state index is 12.1. The molecule has 0 aliphatic heterocycles. The molecule has 0 aliphatic carbocycles. The van der Waals surface area contributed by atoms with Crippen LogP contribution >= 0.6 is 0 Å². The molecule has 116 valence electrons. The molecule has 0 spiro atoms. The number of hydrogen-bond acceptors (Lipinski definition) is 3. The fourth-order valence-corrected chi connectivity index (χ4v) is 2.71. The highest BCUT2D eigenvalue weighted by atomic mass is 16.5. The number of pyridine rings is 1. The van der Waals surface area contributed by atoms with E-state index in [4.69, 9.17) is 4.74 Å². The number of Topliss-reactive ketones (excluding diaryl/α,β-unsaturated/α-hetero) is 1. The molecule has 1 aromatic carbocycles. The second-order valence-corrected chi connectivity index (χ2v) is 5.85. The lowest BCUT2D eigenvalue weighted by molar-refractivity contribution is 0.0987. The molecule has 0 radical (unpaired) electrons. The van der Waals surface area contributed by atoms with Crippen LogP contribution in [0.4, 0.5) is 0 Å². The maximum Gasteiger partial charge on any atom is 0.223 e. The number of aromatic nitrogens is 1. The topological polar surface area (TPSA) is 39.2 Å². The van der Waals surface area contributed by atoms with Gasteiger partial charge in [-0.2, -0.15) is 0 Å². The number of benzene rings is 1. The molecule has 0 bridgehead atoms. The van der Waals surface area contributed by atoms with Gasteiger partial charge in [0.25, 0.3) is 0 Å². The number of carbonyl (C=O) groups is 1. The lowest BCUT2D eigenvalue weighted by Crippen LogP contribution is -2.05. The van der Waals surface area contributed by atoms with E-state index < -0.39 is 0 Å². The first kappa shape index (κ1) is 16.2. The second-order valence-electron chi connectivity index (χ2n) is 5.85. The standard InChI is InChI=1S/C19H23NO2/c1-7-17(21)16-10-14(5)20-19(15(16)6)22-18-12(3)8-11(2)9-13(18)4/h8-10H,7H2,1-6H3. The lowest BCUT2D eigenvalue weighted by atomic mass is 10.0. The van der Waals surface area contributed by atoms with Crippen LogP contribution < -0.4 is 4.74 Å². The highest BCUT2D eigenvalue weighted by molar-refractivity contribution is 5.97. The van der Waals surface area contributed by atoms with E-state index in [1.165, 1.54) is 5.56 Å². The van der Waals surface area contributed by atoms with Crippen molar-refractivity contribution in [3.05, 3.63) is 51.7 Å². The van der Waals surface area contributed by atoms with Gasteiger partial charge in [-0.1, -0.05) is 24.6 Å². The number of aryl methyl sites for hydroxylation is 4. The number of nitrogens with zero attached hydrogens (tertiary/aromatic N) is 1. The van der Waals surface area contributed by atoms with Crippen LogP contribution in [0.15, 0.2) is 18.2 Å². The summed E-state index contributed by atoms with van der Waals surface area (Å²) < 4.78 is 6.08. The Morgan fingerprint density at radius 1 is 1.05 bits per heavy atom. The van der Waals surface area contributed by atoms with Crippen LogP contribution in [0.3, 0.4) is 0 Å². The minimum Gasteiger partial charge on any atom is -0.438 e. The SMILES string of the molecule is CCC(=O)c1cc(C)nc(Oc2c(C)cc(C)cc2C)c1C. The van der Waals surface area contributed by atoms with E-state index >= 15 is 0 Å². The van der Waals surface area contributed by atoms with Crippen LogP contribution in [-0.2, 0) is 0 Å². The number of hydrogen-bond donors (Lipinski definition) is 0. The molecular formula is C19H23NO2. The molecule has 2 rings (SSSR count). The molecule has 0 atom stereocenters. The largest absolute Gasteiger partial charge is 0.438 e. The Kier molecular flexibility index (Phi) is 4.65. The molecule has 1 heterocycles.